The topological polar surface area (TPSA) is 57.5 Å². The molecule has 0 rings (SSSR count). The summed E-state index contributed by atoms with van der Waals surface area (Å²) < 4.78 is 10.7. The van der Waals surface area contributed by atoms with Gasteiger partial charge in [0.2, 0.25) is 0 Å². The number of hydrogen-bond donors (Lipinski definition) is 2. The molecular formula is C24H50O3P. The van der Waals surface area contributed by atoms with Crippen LogP contribution in [0.4, 0.5) is 0 Å². The highest BCUT2D eigenvalue weighted by molar-refractivity contribution is 7.51. The molecule has 0 unspecified atom stereocenters. The van der Waals surface area contributed by atoms with Gasteiger partial charge in [0, 0.05) is 6.16 Å². The molecule has 0 atom stereocenters. The Kier molecular flexibility index (Phi) is 22.0. The zero-order valence-corrected chi connectivity index (χ0v) is 19.8. The summed E-state index contributed by atoms with van der Waals surface area (Å²) in [5.41, 5.74) is 0. The first-order valence-corrected chi connectivity index (χ1v) is 14.2. The van der Waals surface area contributed by atoms with Gasteiger partial charge in [-0.15, -0.1) is 0 Å². The van der Waals surface area contributed by atoms with Crippen LogP contribution in [-0.2, 0) is 4.57 Å². The lowest BCUT2D eigenvalue weighted by Crippen LogP contribution is -1.88. The third-order valence-corrected chi connectivity index (χ3v) is 6.52. The SMILES string of the molecule is CCCCCCCCCCCC[CH]CCCCCCCCCCCP(=O)(O)O. The number of rotatable bonds is 23. The average molecular weight is 418 g/mol. The molecule has 0 aromatic heterocycles. The van der Waals surface area contributed by atoms with Crippen molar-refractivity contribution in [1.82, 2.24) is 0 Å². The Bertz CT molecular complexity index is 341. The van der Waals surface area contributed by atoms with Crippen molar-refractivity contribution in [2.45, 2.75) is 142 Å². The minimum Gasteiger partial charge on any atom is -0.324 e. The van der Waals surface area contributed by atoms with Gasteiger partial charge in [-0.3, -0.25) is 4.57 Å². The van der Waals surface area contributed by atoms with Crippen LogP contribution in [0.25, 0.3) is 0 Å². The minimum atomic E-state index is -3.76. The Morgan fingerprint density at radius 1 is 0.536 bits per heavy atom. The van der Waals surface area contributed by atoms with Crippen LogP contribution < -0.4 is 0 Å². The molecule has 2 N–H and O–H groups in total. The summed E-state index contributed by atoms with van der Waals surface area (Å²) in [5.74, 6) is 0. The van der Waals surface area contributed by atoms with Gasteiger partial charge in [0.1, 0.15) is 0 Å². The van der Waals surface area contributed by atoms with E-state index in [0.29, 0.717) is 6.42 Å². The van der Waals surface area contributed by atoms with Crippen LogP contribution >= 0.6 is 7.60 Å². The van der Waals surface area contributed by atoms with Gasteiger partial charge in [-0.1, -0.05) is 135 Å². The van der Waals surface area contributed by atoms with Crippen molar-refractivity contribution < 1.29 is 14.4 Å². The zero-order valence-electron chi connectivity index (χ0n) is 18.9. The highest BCUT2D eigenvalue weighted by Gasteiger charge is 2.10. The smallest absolute Gasteiger partial charge is 0.324 e. The van der Waals surface area contributed by atoms with Crippen molar-refractivity contribution in [2.24, 2.45) is 0 Å². The van der Waals surface area contributed by atoms with Crippen molar-refractivity contribution in [2.75, 3.05) is 6.16 Å². The molecule has 0 amide bonds. The first-order chi connectivity index (χ1) is 13.6. The Morgan fingerprint density at radius 2 is 0.857 bits per heavy atom. The van der Waals surface area contributed by atoms with Gasteiger partial charge < -0.3 is 9.79 Å². The van der Waals surface area contributed by atoms with Crippen LogP contribution in [0.1, 0.15) is 142 Å². The van der Waals surface area contributed by atoms with E-state index in [1.165, 1.54) is 116 Å². The Hall–Kier alpha value is 0.150. The summed E-state index contributed by atoms with van der Waals surface area (Å²) in [5, 5.41) is 0. The number of unbranched alkanes of at least 4 members (excludes halogenated alkanes) is 21. The third kappa shape index (κ3) is 26.1. The molecule has 0 aromatic carbocycles. The average Bonchev–Trinajstić information content (AvgIpc) is 2.65. The first kappa shape index (κ1) is 28.1. The Labute approximate surface area is 176 Å². The maximum Gasteiger partial charge on any atom is 0.325 e. The van der Waals surface area contributed by atoms with Gasteiger partial charge in [0.15, 0.2) is 0 Å². The lowest BCUT2D eigenvalue weighted by molar-refractivity contribution is 0.370. The normalized spacial score (nSPS) is 12.0. The lowest BCUT2D eigenvalue weighted by atomic mass is 10.0. The van der Waals surface area contributed by atoms with E-state index in [1.807, 2.05) is 0 Å². The molecule has 169 valence electrons. The van der Waals surface area contributed by atoms with E-state index in [2.05, 4.69) is 13.3 Å². The second-order valence-corrected chi connectivity index (χ2v) is 10.4. The molecule has 0 saturated carbocycles. The molecule has 0 fully saturated rings. The molecule has 4 heteroatoms. The standard InChI is InChI=1S/C24H50O3P/c1-2-3-4-5-6-7-8-9-10-11-12-13-14-15-16-17-18-19-20-21-22-23-24-28(25,26)27/h13H,2-12,14-24H2,1H3,(H2,25,26,27). The van der Waals surface area contributed by atoms with Crippen molar-refractivity contribution in [3.05, 3.63) is 6.42 Å². The minimum absolute atomic E-state index is 0.0582. The second kappa shape index (κ2) is 21.8. The predicted molar refractivity (Wildman–Crippen MR) is 124 cm³/mol. The van der Waals surface area contributed by atoms with Crippen molar-refractivity contribution >= 4 is 7.60 Å². The summed E-state index contributed by atoms with van der Waals surface area (Å²) in [6.07, 6.45) is 30.0. The highest BCUT2D eigenvalue weighted by Crippen LogP contribution is 2.35. The van der Waals surface area contributed by atoms with Gasteiger partial charge >= 0.3 is 7.60 Å². The van der Waals surface area contributed by atoms with Crippen LogP contribution in [0, 0.1) is 6.42 Å². The van der Waals surface area contributed by atoms with Crippen molar-refractivity contribution in [3.8, 4) is 0 Å². The van der Waals surface area contributed by atoms with Crippen LogP contribution in [0.15, 0.2) is 0 Å². The molecule has 28 heavy (non-hydrogen) atoms. The fourth-order valence-electron chi connectivity index (χ4n) is 3.76. The maximum atomic E-state index is 10.7. The van der Waals surface area contributed by atoms with Crippen molar-refractivity contribution in [3.63, 3.8) is 0 Å². The molecule has 0 aliphatic carbocycles. The van der Waals surface area contributed by atoms with Gasteiger partial charge in [0.25, 0.3) is 0 Å². The zero-order chi connectivity index (χ0) is 20.8. The first-order valence-electron chi connectivity index (χ1n) is 12.4. The summed E-state index contributed by atoms with van der Waals surface area (Å²) in [7, 11) is -3.76. The summed E-state index contributed by atoms with van der Waals surface area (Å²) in [6.45, 7) is 2.28. The molecular weight excluding hydrogens is 367 g/mol. The Balaban J connectivity index is 3.02. The summed E-state index contributed by atoms with van der Waals surface area (Å²) in [6, 6.07) is 0. The molecule has 0 bridgehead atoms. The van der Waals surface area contributed by atoms with E-state index < -0.39 is 7.60 Å². The predicted octanol–water partition coefficient (Wildman–Crippen LogP) is 8.58. The molecule has 0 aliphatic heterocycles. The second-order valence-electron chi connectivity index (χ2n) is 8.62. The molecule has 0 aromatic rings. The highest BCUT2D eigenvalue weighted by atomic mass is 31.2. The third-order valence-electron chi connectivity index (χ3n) is 5.62. The van der Waals surface area contributed by atoms with E-state index in [9.17, 15) is 4.57 Å². The van der Waals surface area contributed by atoms with Gasteiger partial charge in [0.05, 0.1) is 0 Å². The van der Waals surface area contributed by atoms with Gasteiger partial charge in [-0.25, -0.2) is 0 Å². The molecule has 0 saturated heterocycles. The molecule has 0 aliphatic rings. The van der Waals surface area contributed by atoms with E-state index in [0.717, 1.165) is 12.8 Å². The monoisotopic (exact) mass is 417 g/mol. The molecule has 3 nitrogen and oxygen atoms in total. The van der Waals surface area contributed by atoms with E-state index >= 15 is 0 Å². The van der Waals surface area contributed by atoms with E-state index in [1.54, 1.807) is 0 Å². The van der Waals surface area contributed by atoms with Crippen LogP contribution in [0.5, 0.6) is 0 Å². The fraction of sp³-hybridized carbons (Fsp3) is 0.958. The quantitative estimate of drug-likeness (QED) is 0.129. The Morgan fingerprint density at radius 3 is 1.21 bits per heavy atom. The number of hydrogen-bond acceptors (Lipinski definition) is 1. The summed E-state index contributed by atoms with van der Waals surface area (Å²) in [4.78, 5) is 17.6. The van der Waals surface area contributed by atoms with Crippen LogP contribution in [0.3, 0.4) is 0 Å². The van der Waals surface area contributed by atoms with Gasteiger partial charge in [-0.2, -0.15) is 0 Å². The largest absolute Gasteiger partial charge is 0.325 e. The fourth-order valence-corrected chi connectivity index (χ4v) is 4.40. The lowest BCUT2D eigenvalue weighted by Gasteiger charge is -2.04. The summed E-state index contributed by atoms with van der Waals surface area (Å²) >= 11 is 0. The molecule has 0 heterocycles. The molecule has 1 radical (unpaired) electrons. The van der Waals surface area contributed by atoms with E-state index in [4.69, 9.17) is 9.79 Å². The molecule has 0 spiro atoms. The van der Waals surface area contributed by atoms with E-state index in [-0.39, 0.29) is 6.16 Å². The van der Waals surface area contributed by atoms with Crippen LogP contribution in [-0.4, -0.2) is 15.9 Å². The maximum absolute atomic E-state index is 10.7. The van der Waals surface area contributed by atoms with Crippen LogP contribution in [0.2, 0.25) is 0 Å². The van der Waals surface area contributed by atoms with Crippen molar-refractivity contribution in [1.29, 1.82) is 0 Å². The van der Waals surface area contributed by atoms with Gasteiger partial charge in [-0.05, 0) is 12.8 Å².